The van der Waals surface area contributed by atoms with Gasteiger partial charge in [-0.3, -0.25) is 9.59 Å². The fourth-order valence-corrected chi connectivity index (χ4v) is 5.01. The number of hydrogen-bond donors (Lipinski definition) is 1. The Balaban J connectivity index is 1.34. The van der Waals surface area contributed by atoms with Gasteiger partial charge >= 0.3 is 5.97 Å². The van der Waals surface area contributed by atoms with E-state index in [4.69, 9.17) is 25.8 Å². The Morgan fingerprint density at radius 3 is 2.51 bits per heavy atom. The van der Waals surface area contributed by atoms with E-state index >= 15 is 0 Å². The van der Waals surface area contributed by atoms with Crippen LogP contribution in [0.1, 0.15) is 40.7 Å². The van der Waals surface area contributed by atoms with Crippen LogP contribution in [0.2, 0.25) is 5.02 Å². The first kappa shape index (κ1) is 28.1. The molecule has 0 aromatic heterocycles. The molecule has 1 unspecified atom stereocenters. The van der Waals surface area contributed by atoms with Gasteiger partial charge in [-0.05, 0) is 67.8 Å². The number of amides is 1. The zero-order chi connectivity index (χ0) is 28.8. The number of benzene rings is 4. The highest BCUT2D eigenvalue weighted by Gasteiger charge is 2.30. The summed E-state index contributed by atoms with van der Waals surface area (Å²) in [6.45, 7) is 2.89. The molecular weight excluding hydrogens is 542 g/mol. The Morgan fingerprint density at radius 1 is 1.00 bits per heavy atom. The van der Waals surface area contributed by atoms with Gasteiger partial charge in [0, 0.05) is 35.5 Å². The summed E-state index contributed by atoms with van der Waals surface area (Å²) in [5.41, 5.74) is 2.85. The molecular formula is C33H30ClNO6. The van der Waals surface area contributed by atoms with Crippen LogP contribution in [0.25, 0.3) is 0 Å². The largest absolute Gasteiger partial charge is 0.508 e. The number of anilines is 1. The smallest absolute Gasteiger partial charge is 0.313 e. The summed E-state index contributed by atoms with van der Waals surface area (Å²) >= 11 is 6.53. The molecule has 210 valence electrons. The molecule has 0 fully saturated rings. The lowest BCUT2D eigenvalue weighted by Gasteiger charge is -2.25. The van der Waals surface area contributed by atoms with Crippen molar-refractivity contribution in [2.24, 2.45) is 0 Å². The summed E-state index contributed by atoms with van der Waals surface area (Å²) in [4.78, 5) is 27.7. The molecule has 0 aliphatic carbocycles. The third-order valence-electron chi connectivity index (χ3n) is 6.86. The van der Waals surface area contributed by atoms with Crippen LogP contribution in [0.5, 0.6) is 23.0 Å². The summed E-state index contributed by atoms with van der Waals surface area (Å²) < 4.78 is 17.0. The number of rotatable bonds is 9. The minimum absolute atomic E-state index is 0.0863. The molecule has 4 aromatic rings. The SMILES string of the molecule is CCOC(=O)C1CCOc2cc(Oc3ccc(C(=O)N(CCc4ccccc4)c4cccc(O)c4)cc3)c(Cl)cc21. The number of hydrogen-bond acceptors (Lipinski definition) is 6. The molecule has 0 saturated heterocycles. The monoisotopic (exact) mass is 571 g/mol. The second kappa shape index (κ2) is 12.8. The van der Waals surface area contributed by atoms with E-state index in [9.17, 15) is 14.7 Å². The predicted molar refractivity (Wildman–Crippen MR) is 157 cm³/mol. The number of carbonyl (C=O) groups excluding carboxylic acids is 2. The van der Waals surface area contributed by atoms with Gasteiger partial charge in [0.2, 0.25) is 0 Å². The summed E-state index contributed by atoms with van der Waals surface area (Å²) in [5.74, 6) is 0.525. The van der Waals surface area contributed by atoms with Gasteiger partial charge in [-0.1, -0.05) is 48.0 Å². The Bertz CT molecular complexity index is 1520. The average molecular weight is 572 g/mol. The van der Waals surface area contributed by atoms with Crippen LogP contribution in [0.3, 0.4) is 0 Å². The molecule has 1 amide bonds. The zero-order valence-corrected chi connectivity index (χ0v) is 23.3. The molecule has 1 aliphatic rings. The first-order chi connectivity index (χ1) is 19.9. The molecule has 0 bridgehead atoms. The molecule has 7 nitrogen and oxygen atoms in total. The van der Waals surface area contributed by atoms with E-state index in [0.717, 1.165) is 5.56 Å². The molecule has 1 aliphatic heterocycles. The van der Waals surface area contributed by atoms with Crippen LogP contribution in [0, 0.1) is 0 Å². The van der Waals surface area contributed by atoms with E-state index in [0.29, 0.717) is 71.7 Å². The quantitative estimate of drug-likeness (QED) is 0.215. The van der Waals surface area contributed by atoms with Gasteiger partial charge in [0.1, 0.15) is 23.0 Å². The summed E-state index contributed by atoms with van der Waals surface area (Å²) in [6.07, 6.45) is 1.17. The van der Waals surface area contributed by atoms with E-state index < -0.39 is 5.92 Å². The fourth-order valence-electron chi connectivity index (χ4n) is 4.80. The van der Waals surface area contributed by atoms with Crippen molar-refractivity contribution in [2.75, 3.05) is 24.7 Å². The Hall–Kier alpha value is -4.49. The predicted octanol–water partition coefficient (Wildman–Crippen LogP) is 7.16. The standard InChI is InChI=1S/C33H30ClNO6/c1-2-39-33(38)27-16-18-40-30-21-31(29(34)20-28(27)30)41-26-13-11-23(12-14-26)32(37)35(24-9-6-10-25(36)19-24)17-15-22-7-4-3-5-8-22/h3-14,19-21,27,36H,2,15-18H2,1H3. The maximum Gasteiger partial charge on any atom is 0.313 e. The van der Waals surface area contributed by atoms with Crippen LogP contribution in [0.4, 0.5) is 5.69 Å². The molecule has 1 atom stereocenters. The second-order valence-electron chi connectivity index (χ2n) is 9.60. The zero-order valence-electron chi connectivity index (χ0n) is 22.6. The number of phenolic OH excluding ortho intramolecular Hbond substituents is 1. The van der Waals surface area contributed by atoms with Gasteiger partial charge < -0.3 is 24.2 Å². The van der Waals surface area contributed by atoms with Crippen molar-refractivity contribution in [1.29, 1.82) is 0 Å². The third-order valence-corrected chi connectivity index (χ3v) is 7.15. The first-order valence-electron chi connectivity index (χ1n) is 13.5. The summed E-state index contributed by atoms with van der Waals surface area (Å²) in [5, 5.41) is 10.4. The molecule has 0 saturated carbocycles. The van der Waals surface area contributed by atoms with Crippen molar-refractivity contribution in [3.63, 3.8) is 0 Å². The molecule has 0 spiro atoms. The van der Waals surface area contributed by atoms with Crippen molar-refractivity contribution in [2.45, 2.75) is 25.7 Å². The first-order valence-corrected chi connectivity index (χ1v) is 13.9. The van der Waals surface area contributed by atoms with E-state index in [1.54, 1.807) is 72.5 Å². The number of carbonyl (C=O) groups is 2. The molecule has 8 heteroatoms. The lowest BCUT2D eigenvalue weighted by molar-refractivity contribution is -0.145. The van der Waals surface area contributed by atoms with Crippen molar-refractivity contribution >= 4 is 29.2 Å². The normalized spacial score (nSPS) is 14.0. The van der Waals surface area contributed by atoms with Gasteiger partial charge in [-0.2, -0.15) is 0 Å². The van der Waals surface area contributed by atoms with Gasteiger partial charge in [-0.25, -0.2) is 0 Å². The highest BCUT2D eigenvalue weighted by molar-refractivity contribution is 6.32. The third kappa shape index (κ3) is 6.64. The molecule has 1 heterocycles. The number of nitrogens with zero attached hydrogens (tertiary/aromatic N) is 1. The molecule has 1 N–H and O–H groups in total. The topological polar surface area (TPSA) is 85.3 Å². The van der Waals surface area contributed by atoms with E-state index in [2.05, 4.69) is 0 Å². The summed E-state index contributed by atoms with van der Waals surface area (Å²) in [6, 6.07) is 26.7. The molecule has 4 aromatic carbocycles. The van der Waals surface area contributed by atoms with Crippen LogP contribution < -0.4 is 14.4 Å². The second-order valence-corrected chi connectivity index (χ2v) is 10.0. The maximum absolute atomic E-state index is 13.6. The van der Waals surface area contributed by atoms with Gasteiger partial charge in [0.05, 0.1) is 24.2 Å². The van der Waals surface area contributed by atoms with Crippen LogP contribution in [-0.4, -0.2) is 36.7 Å². The van der Waals surface area contributed by atoms with Crippen LogP contribution >= 0.6 is 11.6 Å². The molecule has 41 heavy (non-hydrogen) atoms. The van der Waals surface area contributed by atoms with E-state index in [-0.39, 0.29) is 17.6 Å². The van der Waals surface area contributed by atoms with Crippen LogP contribution in [-0.2, 0) is 16.0 Å². The van der Waals surface area contributed by atoms with Crippen molar-refractivity contribution < 1.29 is 28.9 Å². The Morgan fingerprint density at radius 2 is 1.78 bits per heavy atom. The average Bonchev–Trinajstić information content (AvgIpc) is 2.98. The van der Waals surface area contributed by atoms with Crippen LogP contribution in [0.15, 0.2) is 91.0 Å². The number of halogens is 1. The molecule has 5 rings (SSSR count). The van der Waals surface area contributed by atoms with E-state index in [1.807, 2.05) is 30.3 Å². The van der Waals surface area contributed by atoms with Crippen molar-refractivity contribution in [3.05, 3.63) is 113 Å². The Labute approximate surface area is 243 Å². The number of fused-ring (bicyclic) bond motifs is 1. The van der Waals surface area contributed by atoms with Crippen molar-refractivity contribution in [3.8, 4) is 23.0 Å². The Kier molecular flexibility index (Phi) is 8.75. The van der Waals surface area contributed by atoms with Gasteiger partial charge in [0.15, 0.2) is 0 Å². The highest BCUT2D eigenvalue weighted by Crippen LogP contribution is 2.42. The minimum atomic E-state index is -0.438. The summed E-state index contributed by atoms with van der Waals surface area (Å²) in [7, 11) is 0. The van der Waals surface area contributed by atoms with Crippen molar-refractivity contribution in [1.82, 2.24) is 0 Å². The lowest BCUT2D eigenvalue weighted by Crippen LogP contribution is -2.32. The molecule has 0 radical (unpaired) electrons. The fraction of sp³-hybridized carbons (Fsp3) is 0.212. The number of aromatic hydroxyl groups is 1. The number of esters is 1. The van der Waals surface area contributed by atoms with Gasteiger partial charge in [0.25, 0.3) is 5.91 Å². The van der Waals surface area contributed by atoms with E-state index in [1.165, 1.54) is 0 Å². The van der Waals surface area contributed by atoms with Gasteiger partial charge in [-0.15, -0.1) is 0 Å². The highest BCUT2D eigenvalue weighted by atomic mass is 35.5. The maximum atomic E-state index is 13.6. The number of ether oxygens (including phenoxy) is 3. The lowest BCUT2D eigenvalue weighted by atomic mass is 9.93. The number of phenols is 1. The minimum Gasteiger partial charge on any atom is -0.508 e.